The topological polar surface area (TPSA) is 43.9 Å². The van der Waals surface area contributed by atoms with E-state index in [9.17, 15) is 9.59 Å². The molecule has 5 nitrogen and oxygen atoms in total. The molecule has 0 radical (unpaired) electrons. The molecule has 146 valence electrons. The second kappa shape index (κ2) is 7.72. The summed E-state index contributed by atoms with van der Waals surface area (Å²) >= 11 is 0. The molecule has 4 rings (SSSR count). The second-order valence-corrected chi connectivity index (χ2v) is 8.51. The molecule has 0 aromatic heterocycles. The van der Waals surface area contributed by atoms with Gasteiger partial charge in [-0.3, -0.25) is 19.4 Å². The summed E-state index contributed by atoms with van der Waals surface area (Å²) in [6.45, 7) is 8.93. The van der Waals surface area contributed by atoms with Crippen LogP contribution < -0.4 is 0 Å². The van der Waals surface area contributed by atoms with E-state index in [1.807, 2.05) is 12.1 Å². The van der Waals surface area contributed by atoms with Crippen molar-refractivity contribution >= 4 is 11.7 Å². The molecule has 5 heteroatoms. The Kier molecular flexibility index (Phi) is 5.33. The molecule has 2 atom stereocenters. The maximum atomic E-state index is 12.9. The number of hydrogen-bond donors (Lipinski definition) is 0. The van der Waals surface area contributed by atoms with Gasteiger partial charge in [-0.05, 0) is 50.3 Å². The van der Waals surface area contributed by atoms with Crippen LogP contribution in [-0.2, 0) is 17.8 Å². The SMILES string of the molecule is CC(=O)c1ccc2c(c1)CCN(CC(=O)N1CCN3C(C)CCCC3C1)C2. The quantitative estimate of drug-likeness (QED) is 0.767. The average Bonchev–Trinajstić information content (AvgIpc) is 2.67. The molecule has 1 aromatic carbocycles. The molecule has 1 amide bonds. The van der Waals surface area contributed by atoms with Crippen molar-refractivity contribution in [1.82, 2.24) is 14.7 Å². The standard InChI is InChI=1S/C22H31N3O2/c1-16-4-3-5-21-14-24(10-11-25(16)21)22(27)15-23-9-8-19-12-18(17(2)26)6-7-20(19)13-23/h6-7,12,16,21H,3-5,8-11,13-15H2,1-2H3. The van der Waals surface area contributed by atoms with Gasteiger partial charge >= 0.3 is 0 Å². The number of carbonyl (C=O) groups excluding carboxylic acids is 2. The molecule has 2 unspecified atom stereocenters. The van der Waals surface area contributed by atoms with Crippen molar-refractivity contribution in [2.75, 3.05) is 32.7 Å². The summed E-state index contributed by atoms with van der Waals surface area (Å²) in [7, 11) is 0. The molecule has 0 aliphatic carbocycles. The Hall–Kier alpha value is -1.72. The van der Waals surface area contributed by atoms with E-state index in [1.54, 1.807) is 6.92 Å². The van der Waals surface area contributed by atoms with Crippen LogP contribution in [0.2, 0.25) is 0 Å². The van der Waals surface area contributed by atoms with Crippen LogP contribution in [0, 0.1) is 0 Å². The molecule has 3 aliphatic heterocycles. The van der Waals surface area contributed by atoms with Crippen LogP contribution in [0.15, 0.2) is 18.2 Å². The third kappa shape index (κ3) is 3.94. The van der Waals surface area contributed by atoms with E-state index in [0.29, 0.717) is 18.6 Å². The van der Waals surface area contributed by atoms with Crippen LogP contribution in [0.25, 0.3) is 0 Å². The highest BCUT2D eigenvalue weighted by Gasteiger charge is 2.34. The number of Topliss-reactive ketones (excluding diaryl/α,β-unsaturated/α-hetero) is 1. The highest BCUT2D eigenvalue weighted by molar-refractivity contribution is 5.94. The maximum Gasteiger partial charge on any atom is 0.236 e. The van der Waals surface area contributed by atoms with Crippen molar-refractivity contribution in [3.05, 3.63) is 34.9 Å². The molecular weight excluding hydrogens is 338 g/mol. The third-order valence-electron chi connectivity index (χ3n) is 6.67. The van der Waals surface area contributed by atoms with Crippen LogP contribution in [0.5, 0.6) is 0 Å². The summed E-state index contributed by atoms with van der Waals surface area (Å²) in [6.07, 6.45) is 4.72. The Balaban J connectivity index is 1.35. The molecule has 3 heterocycles. The number of amides is 1. The molecule has 0 saturated carbocycles. The summed E-state index contributed by atoms with van der Waals surface area (Å²) in [6, 6.07) is 7.22. The van der Waals surface area contributed by atoms with Crippen molar-refractivity contribution in [1.29, 1.82) is 0 Å². The van der Waals surface area contributed by atoms with E-state index in [2.05, 4.69) is 27.7 Å². The predicted octanol–water partition coefficient (Wildman–Crippen LogP) is 2.33. The fourth-order valence-electron chi connectivity index (χ4n) is 5.00. The van der Waals surface area contributed by atoms with Gasteiger partial charge in [0.05, 0.1) is 6.54 Å². The van der Waals surface area contributed by atoms with Gasteiger partial charge in [0, 0.05) is 50.4 Å². The van der Waals surface area contributed by atoms with E-state index in [0.717, 1.165) is 44.7 Å². The van der Waals surface area contributed by atoms with E-state index >= 15 is 0 Å². The zero-order valence-electron chi connectivity index (χ0n) is 16.6. The van der Waals surface area contributed by atoms with E-state index < -0.39 is 0 Å². The lowest BCUT2D eigenvalue weighted by Gasteiger charge is -2.47. The average molecular weight is 370 g/mol. The van der Waals surface area contributed by atoms with Crippen molar-refractivity contribution in [2.24, 2.45) is 0 Å². The van der Waals surface area contributed by atoms with Crippen molar-refractivity contribution in [3.63, 3.8) is 0 Å². The van der Waals surface area contributed by atoms with Crippen LogP contribution in [0.3, 0.4) is 0 Å². The number of benzene rings is 1. The molecule has 1 aromatic rings. The highest BCUT2D eigenvalue weighted by Crippen LogP contribution is 2.26. The van der Waals surface area contributed by atoms with Crippen LogP contribution in [0.4, 0.5) is 0 Å². The van der Waals surface area contributed by atoms with E-state index in [1.165, 1.54) is 30.4 Å². The predicted molar refractivity (Wildman–Crippen MR) is 106 cm³/mol. The first kappa shape index (κ1) is 18.6. The molecule has 2 saturated heterocycles. The first-order chi connectivity index (χ1) is 13.0. The first-order valence-electron chi connectivity index (χ1n) is 10.4. The van der Waals surface area contributed by atoms with Gasteiger partial charge in [-0.1, -0.05) is 18.6 Å². The van der Waals surface area contributed by atoms with Gasteiger partial charge in [0.2, 0.25) is 5.91 Å². The number of rotatable bonds is 3. The number of nitrogens with zero attached hydrogens (tertiary/aromatic N) is 3. The minimum atomic E-state index is 0.117. The Morgan fingerprint density at radius 3 is 2.78 bits per heavy atom. The van der Waals surface area contributed by atoms with Crippen LogP contribution in [-0.4, -0.2) is 71.2 Å². The fraction of sp³-hybridized carbons (Fsp3) is 0.636. The molecular formula is C22H31N3O2. The van der Waals surface area contributed by atoms with Gasteiger partial charge in [0.25, 0.3) is 0 Å². The van der Waals surface area contributed by atoms with E-state index in [-0.39, 0.29) is 11.7 Å². The lowest BCUT2D eigenvalue weighted by atomic mass is 9.94. The van der Waals surface area contributed by atoms with Crippen molar-refractivity contribution in [2.45, 2.75) is 58.2 Å². The Bertz CT molecular complexity index is 732. The lowest BCUT2D eigenvalue weighted by molar-refractivity contribution is -0.137. The van der Waals surface area contributed by atoms with Crippen molar-refractivity contribution in [3.8, 4) is 0 Å². The zero-order valence-corrected chi connectivity index (χ0v) is 16.6. The molecule has 3 aliphatic rings. The molecule has 0 N–H and O–H groups in total. The van der Waals surface area contributed by atoms with E-state index in [4.69, 9.17) is 0 Å². The minimum Gasteiger partial charge on any atom is -0.339 e. The summed E-state index contributed by atoms with van der Waals surface area (Å²) in [4.78, 5) is 31.4. The Morgan fingerprint density at radius 1 is 1.11 bits per heavy atom. The fourth-order valence-corrected chi connectivity index (χ4v) is 5.00. The highest BCUT2D eigenvalue weighted by atomic mass is 16.2. The second-order valence-electron chi connectivity index (χ2n) is 8.51. The summed E-state index contributed by atoms with van der Waals surface area (Å²) in [5, 5.41) is 0. The number of piperidine rings is 1. The van der Waals surface area contributed by atoms with Gasteiger partial charge in [0.15, 0.2) is 5.78 Å². The van der Waals surface area contributed by atoms with Gasteiger partial charge in [-0.25, -0.2) is 0 Å². The zero-order chi connectivity index (χ0) is 19.0. The number of fused-ring (bicyclic) bond motifs is 2. The summed E-state index contributed by atoms with van der Waals surface area (Å²) in [5.74, 6) is 0.392. The number of piperazine rings is 1. The van der Waals surface area contributed by atoms with Gasteiger partial charge < -0.3 is 4.90 Å². The van der Waals surface area contributed by atoms with Gasteiger partial charge in [-0.15, -0.1) is 0 Å². The summed E-state index contributed by atoms with van der Waals surface area (Å²) in [5.41, 5.74) is 3.30. The number of ketones is 1. The summed E-state index contributed by atoms with van der Waals surface area (Å²) < 4.78 is 0. The third-order valence-corrected chi connectivity index (χ3v) is 6.67. The smallest absolute Gasteiger partial charge is 0.236 e. The molecule has 0 spiro atoms. The molecule has 2 fully saturated rings. The molecule has 27 heavy (non-hydrogen) atoms. The monoisotopic (exact) mass is 369 g/mol. The Morgan fingerprint density at radius 2 is 1.96 bits per heavy atom. The van der Waals surface area contributed by atoms with Crippen LogP contribution >= 0.6 is 0 Å². The largest absolute Gasteiger partial charge is 0.339 e. The number of hydrogen-bond acceptors (Lipinski definition) is 4. The Labute approximate surface area is 162 Å². The molecule has 0 bridgehead atoms. The maximum absolute atomic E-state index is 12.9. The lowest BCUT2D eigenvalue weighted by Crippen LogP contribution is -2.59. The van der Waals surface area contributed by atoms with Crippen LogP contribution in [0.1, 0.15) is 54.6 Å². The first-order valence-corrected chi connectivity index (χ1v) is 10.4. The van der Waals surface area contributed by atoms with Gasteiger partial charge in [-0.2, -0.15) is 0 Å². The van der Waals surface area contributed by atoms with Crippen molar-refractivity contribution < 1.29 is 9.59 Å². The minimum absolute atomic E-state index is 0.117. The normalized spacial score (nSPS) is 26.4. The number of carbonyl (C=O) groups is 2. The van der Waals surface area contributed by atoms with Gasteiger partial charge in [0.1, 0.15) is 0 Å².